The molecule has 0 saturated heterocycles. The monoisotopic (exact) mass is 231 g/mol. The summed E-state index contributed by atoms with van der Waals surface area (Å²) < 4.78 is 5.48. The summed E-state index contributed by atoms with van der Waals surface area (Å²) in [7, 11) is 0. The van der Waals surface area contributed by atoms with E-state index in [-0.39, 0.29) is 0 Å². The summed E-state index contributed by atoms with van der Waals surface area (Å²) in [6.07, 6.45) is 1.74. The quantitative estimate of drug-likeness (QED) is 0.592. The van der Waals surface area contributed by atoms with E-state index in [2.05, 4.69) is 9.99 Å². The van der Waals surface area contributed by atoms with Crippen LogP contribution >= 0.6 is 0 Å². The Hall–Kier alpha value is -2.10. The van der Waals surface area contributed by atoms with Crippen molar-refractivity contribution in [3.63, 3.8) is 0 Å². The smallest absolute Gasteiger partial charge is 0.367 e. The molecular formula is C13H13NO3. The Labute approximate surface area is 99.5 Å². The second-order valence-electron chi connectivity index (χ2n) is 3.58. The van der Waals surface area contributed by atoms with Gasteiger partial charge in [-0.15, -0.1) is 0 Å². The van der Waals surface area contributed by atoms with E-state index in [1.54, 1.807) is 13.0 Å². The highest BCUT2D eigenvalue weighted by Crippen LogP contribution is 2.23. The number of benzene rings is 1. The normalized spacial score (nSPS) is 16.9. The summed E-state index contributed by atoms with van der Waals surface area (Å²) in [6, 6.07) is 7.53. The van der Waals surface area contributed by atoms with Crippen LogP contribution in [-0.4, -0.2) is 18.3 Å². The molecule has 2 rings (SSSR count). The maximum absolute atomic E-state index is 11.4. The fourth-order valence-corrected chi connectivity index (χ4v) is 1.56. The Morgan fingerprint density at radius 1 is 1.41 bits per heavy atom. The van der Waals surface area contributed by atoms with E-state index in [4.69, 9.17) is 4.74 Å². The molecule has 0 unspecified atom stereocenters. The fourth-order valence-electron chi connectivity index (χ4n) is 1.56. The molecule has 0 radical (unpaired) electrons. The lowest BCUT2D eigenvalue weighted by Crippen LogP contribution is -2.02. The van der Waals surface area contributed by atoms with Gasteiger partial charge in [0.15, 0.2) is 0 Å². The molecule has 1 aromatic rings. The molecule has 0 saturated carbocycles. The number of hydrogen-bond donors (Lipinski definition) is 0. The molecule has 1 aliphatic rings. The molecule has 17 heavy (non-hydrogen) atoms. The first-order chi connectivity index (χ1) is 8.22. The van der Waals surface area contributed by atoms with E-state index in [0.717, 1.165) is 11.3 Å². The van der Waals surface area contributed by atoms with Crippen molar-refractivity contribution in [2.24, 2.45) is 5.16 Å². The zero-order chi connectivity index (χ0) is 12.3. The van der Waals surface area contributed by atoms with E-state index in [9.17, 15) is 4.79 Å². The lowest BCUT2D eigenvalue weighted by Gasteiger charge is -2.06. The topological polar surface area (TPSA) is 47.9 Å². The first-order valence-corrected chi connectivity index (χ1v) is 5.42. The van der Waals surface area contributed by atoms with Crippen LogP contribution in [0.4, 0.5) is 0 Å². The molecule has 0 aliphatic carbocycles. The minimum atomic E-state index is -0.422. The second kappa shape index (κ2) is 4.82. The van der Waals surface area contributed by atoms with Gasteiger partial charge in [0.2, 0.25) is 0 Å². The average Bonchev–Trinajstić information content (AvgIpc) is 2.64. The van der Waals surface area contributed by atoms with Crippen LogP contribution in [0.1, 0.15) is 19.4 Å². The molecule has 1 heterocycles. The van der Waals surface area contributed by atoms with Crippen molar-refractivity contribution in [1.29, 1.82) is 0 Å². The Bertz CT molecular complexity index is 503. The van der Waals surface area contributed by atoms with E-state index in [0.29, 0.717) is 17.9 Å². The molecule has 4 nitrogen and oxygen atoms in total. The second-order valence-corrected chi connectivity index (χ2v) is 3.58. The molecule has 88 valence electrons. The SMILES string of the molecule is CCOc1ccccc1C=C1C(=O)ON=C1C. The standard InChI is InChI=1S/C13H13NO3/c1-3-16-12-7-5-4-6-10(12)8-11-9(2)14-17-13(11)15/h4-8H,3H2,1-2H3. The molecule has 1 aromatic carbocycles. The minimum Gasteiger partial charge on any atom is -0.493 e. The van der Waals surface area contributed by atoms with Crippen molar-refractivity contribution in [3.8, 4) is 5.75 Å². The average molecular weight is 231 g/mol. The molecule has 0 atom stereocenters. The van der Waals surface area contributed by atoms with Gasteiger partial charge in [0.05, 0.1) is 17.9 Å². The Morgan fingerprint density at radius 2 is 2.18 bits per heavy atom. The highest BCUT2D eigenvalue weighted by molar-refractivity contribution is 6.24. The Balaban J connectivity index is 2.38. The van der Waals surface area contributed by atoms with Gasteiger partial charge in [0.1, 0.15) is 5.75 Å². The number of rotatable bonds is 3. The van der Waals surface area contributed by atoms with Gasteiger partial charge in [-0.3, -0.25) is 0 Å². The molecule has 0 aromatic heterocycles. The molecule has 4 heteroatoms. The first kappa shape index (κ1) is 11.4. The van der Waals surface area contributed by atoms with Crippen molar-refractivity contribution in [3.05, 3.63) is 35.4 Å². The lowest BCUT2D eigenvalue weighted by atomic mass is 10.1. The van der Waals surface area contributed by atoms with Crippen LogP contribution in [0.15, 0.2) is 35.0 Å². The number of para-hydroxylation sites is 1. The maximum atomic E-state index is 11.4. The van der Waals surface area contributed by atoms with Crippen molar-refractivity contribution in [2.75, 3.05) is 6.61 Å². The van der Waals surface area contributed by atoms with Gasteiger partial charge in [-0.2, -0.15) is 0 Å². The van der Waals surface area contributed by atoms with Gasteiger partial charge in [-0.25, -0.2) is 4.79 Å². The fraction of sp³-hybridized carbons (Fsp3) is 0.231. The Kier molecular flexibility index (Phi) is 3.23. The summed E-state index contributed by atoms with van der Waals surface area (Å²) in [5, 5.41) is 3.63. The van der Waals surface area contributed by atoms with Gasteiger partial charge in [-0.05, 0) is 26.0 Å². The summed E-state index contributed by atoms with van der Waals surface area (Å²) in [5.74, 6) is 0.323. The third kappa shape index (κ3) is 2.36. The first-order valence-electron chi connectivity index (χ1n) is 5.42. The van der Waals surface area contributed by atoms with Gasteiger partial charge in [0, 0.05) is 5.56 Å². The van der Waals surface area contributed by atoms with Gasteiger partial charge < -0.3 is 9.57 Å². The van der Waals surface area contributed by atoms with E-state index in [1.807, 2.05) is 31.2 Å². The van der Waals surface area contributed by atoms with Crippen LogP contribution in [0.3, 0.4) is 0 Å². The number of carbonyl (C=O) groups excluding carboxylic acids is 1. The third-order valence-electron chi connectivity index (χ3n) is 2.39. The third-order valence-corrected chi connectivity index (χ3v) is 2.39. The minimum absolute atomic E-state index is 0.422. The highest BCUT2D eigenvalue weighted by Gasteiger charge is 2.22. The number of nitrogens with zero attached hydrogens (tertiary/aromatic N) is 1. The van der Waals surface area contributed by atoms with Gasteiger partial charge in [-0.1, -0.05) is 23.4 Å². The van der Waals surface area contributed by atoms with E-state index in [1.165, 1.54) is 0 Å². The summed E-state index contributed by atoms with van der Waals surface area (Å²) in [6.45, 7) is 4.23. The van der Waals surface area contributed by atoms with Crippen molar-refractivity contribution in [2.45, 2.75) is 13.8 Å². The largest absolute Gasteiger partial charge is 0.493 e. The number of carbonyl (C=O) groups is 1. The molecule has 0 fully saturated rings. The Morgan fingerprint density at radius 3 is 2.82 bits per heavy atom. The van der Waals surface area contributed by atoms with Crippen LogP contribution in [0.2, 0.25) is 0 Å². The molecule has 0 spiro atoms. The van der Waals surface area contributed by atoms with Crippen LogP contribution in [0.25, 0.3) is 6.08 Å². The predicted molar refractivity (Wildman–Crippen MR) is 64.8 cm³/mol. The maximum Gasteiger partial charge on any atom is 0.367 e. The summed E-state index contributed by atoms with van der Waals surface area (Å²) in [4.78, 5) is 16.0. The summed E-state index contributed by atoms with van der Waals surface area (Å²) in [5.41, 5.74) is 1.90. The molecular weight excluding hydrogens is 218 g/mol. The molecule has 0 bridgehead atoms. The molecule has 0 N–H and O–H groups in total. The number of hydrogen-bond acceptors (Lipinski definition) is 4. The van der Waals surface area contributed by atoms with Gasteiger partial charge in [0.25, 0.3) is 0 Å². The number of oxime groups is 1. The molecule has 0 amide bonds. The number of ether oxygens (including phenoxy) is 1. The van der Waals surface area contributed by atoms with E-state index < -0.39 is 5.97 Å². The van der Waals surface area contributed by atoms with Crippen molar-refractivity contribution >= 4 is 17.8 Å². The van der Waals surface area contributed by atoms with Crippen LogP contribution in [0.5, 0.6) is 5.75 Å². The van der Waals surface area contributed by atoms with Crippen LogP contribution < -0.4 is 4.74 Å². The predicted octanol–water partition coefficient (Wildman–Crippen LogP) is 2.40. The summed E-state index contributed by atoms with van der Waals surface area (Å²) >= 11 is 0. The highest BCUT2D eigenvalue weighted by atomic mass is 16.7. The van der Waals surface area contributed by atoms with Crippen molar-refractivity contribution < 1.29 is 14.4 Å². The lowest BCUT2D eigenvalue weighted by molar-refractivity contribution is -0.136. The van der Waals surface area contributed by atoms with Gasteiger partial charge >= 0.3 is 5.97 Å². The zero-order valence-corrected chi connectivity index (χ0v) is 9.77. The van der Waals surface area contributed by atoms with Crippen LogP contribution in [-0.2, 0) is 9.63 Å². The van der Waals surface area contributed by atoms with E-state index >= 15 is 0 Å². The van der Waals surface area contributed by atoms with Crippen molar-refractivity contribution in [1.82, 2.24) is 0 Å². The van der Waals surface area contributed by atoms with Crippen LogP contribution in [0, 0.1) is 0 Å². The zero-order valence-electron chi connectivity index (χ0n) is 9.77. The molecule has 1 aliphatic heterocycles.